The first kappa shape index (κ1) is 25.3. The van der Waals surface area contributed by atoms with Gasteiger partial charge in [-0.25, -0.2) is 13.8 Å². The minimum atomic E-state index is -3.66. The highest BCUT2D eigenvalue weighted by Gasteiger charge is 2.42. The van der Waals surface area contributed by atoms with E-state index in [0.717, 1.165) is 16.9 Å². The van der Waals surface area contributed by atoms with E-state index in [1.807, 2.05) is 6.07 Å². The van der Waals surface area contributed by atoms with Crippen LogP contribution in [0.25, 0.3) is 11.0 Å². The minimum Gasteiger partial charge on any atom is -0.342 e. The molecule has 4 rings (SSSR count). The number of nitrogens with zero attached hydrogens (tertiary/aromatic N) is 3. The van der Waals surface area contributed by atoms with Crippen molar-refractivity contribution in [2.45, 2.75) is 77.2 Å². The van der Waals surface area contributed by atoms with Crippen LogP contribution < -0.4 is 10.0 Å². The number of aromatic amines is 1. The molecular weight excluding hydrogens is 460 g/mol. The maximum Gasteiger partial charge on any atom is 0.303 e. The quantitative estimate of drug-likeness (QED) is 0.630. The lowest BCUT2D eigenvalue weighted by Gasteiger charge is -2.39. The number of nitrogens with one attached hydrogen (secondary N) is 1. The number of rotatable bonds is 5. The molecular formula is C24H37F2N5O2S. The zero-order valence-corrected chi connectivity index (χ0v) is 21.3. The Balaban J connectivity index is 1.61. The largest absolute Gasteiger partial charge is 0.342 e. The molecule has 1 saturated carbocycles. The van der Waals surface area contributed by atoms with Gasteiger partial charge in [0.05, 0.1) is 16.7 Å². The van der Waals surface area contributed by atoms with Crippen LogP contribution in [0.5, 0.6) is 0 Å². The molecule has 10 heteroatoms. The van der Waals surface area contributed by atoms with Crippen molar-refractivity contribution >= 4 is 26.9 Å². The van der Waals surface area contributed by atoms with Crippen molar-refractivity contribution in [1.29, 1.82) is 0 Å². The maximum absolute atomic E-state index is 13.8. The molecule has 1 aromatic heterocycles. The summed E-state index contributed by atoms with van der Waals surface area (Å²) in [6, 6.07) is 5.42. The Kier molecular flexibility index (Phi) is 6.72. The highest BCUT2D eigenvalue weighted by atomic mass is 32.2. The second kappa shape index (κ2) is 9.02. The zero-order valence-electron chi connectivity index (χ0n) is 20.5. The minimum absolute atomic E-state index is 0.00142. The lowest BCUT2D eigenvalue weighted by atomic mass is 9.67. The number of hydrogen-bond donors (Lipinski definition) is 2. The van der Waals surface area contributed by atoms with Crippen molar-refractivity contribution in [2.24, 2.45) is 17.1 Å². The van der Waals surface area contributed by atoms with Gasteiger partial charge in [0.15, 0.2) is 0 Å². The molecule has 7 nitrogen and oxygen atoms in total. The molecule has 2 aromatic rings. The fraction of sp³-hybridized carbons (Fsp3) is 0.708. The molecule has 0 radical (unpaired) electrons. The van der Waals surface area contributed by atoms with Gasteiger partial charge in [-0.3, -0.25) is 4.31 Å². The molecule has 2 heterocycles. The van der Waals surface area contributed by atoms with E-state index in [0.29, 0.717) is 44.5 Å². The number of fused-ring (bicyclic) bond motifs is 1. The topological polar surface area (TPSA) is 95.3 Å². The van der Waals surface area contributed by atoms with Gasteiger partial charge in [-0.2, -0.15) is 12.7 Å². The number of halogens is 2. The summed E-state index contributed by atoms with van der Waals surface area (Å²) in [7, 11) is -2.10. The fourth-order valence-electron chi connectivity index (χ4n) is 5.51. The summed E-state index contributed by atoms with van der Waals surface area (Å²) in [5, 5.41) is 0. The Morgan fingerprint density at radius 1 is 1.18 bits per heavy atom. The molecule has 0 amide bonds. The van der Waals surface area contributed by atoms with Crippen molar-refractivity contribution in [3.8, 4) is 0 Å². The van der Waals surface area contributed by atoms with Gasteiger partial charge in [0.1, 0.15) is 5.82 Å². The van der Waals surface area contributed by atoms with Crippen LogP contribution in [-0.2, 0) is 10.2 Å². The molecule has 190 valence electrons. The normalized spacial score (nSPS) is 22.2. The standard InChI is InChI=1S/C24H37F2N5O2S/c1-23(2,3)21(16-7-11-24(25,26)12-8-16)22-28-19-6-5-18(15-20(19)29-22)30(4)34(32,33)31-13-9-17(27)10-14-31/h5-6,15-17,21H,7-14,27H2,1-4H3,(H,28,29). The Hall–Kier alpha value is -1.78. The second-order valence-corrected chi connectivity index (χ2v) is 13.0. The van der Waals surface area contributed by atoms with E-state index in [2.05, 4.69) is 25.8 Å². The van der Waals surface area contributed by atoms with Gasteiger partial charge in [-0.1, -0.05) is 20.8 Å². The first-order chi connectivity index (χ1) is 15.8. The van der Waals surface area contributed by atoms with Gasteiger partial charge < -0.3 is 10.7 Å². The lowest BCUT2D eigenvalue weighted by Crippen LogP contribution is -2.48. The molecule has 0 bridgehead atoms. The average Bonchev–Trinajstić information content (AvgIpc) is 3.16. The van der Waals surface area contributed by atoms with Crippen LogP contribution in [0.3, 0.4) is 0 Å². The summed E-state index contributed by atoms with van der Waals surface area (Å²) in [5.41, 5.74) is 7.79. The summed E-state index contributed by atoms with van der Waals surface area (Å²) in [4.78, 5) is 8.22. The highest BCUT2D eigenvalue weighted by Crippen LogP contribution is 2.48. The third-order valence-corrected chi connectivity index (χ3v) is 9.40. The lowest BCUT2D eigenvalue weighted by molar-refractivity contribution is -0.0533. The summed E-state index contributed by atoms with van der Waals surface area (Å²) < 4.78 is 56.7. The van der Waals surface area contributed by atoms with Gasteiger partial charge >= 0.3 is 10.2 Å². The van der Waals surface area contributed by atoms with E-state index in [1.165, 1.54) is 8.61 Å². The van der Waals surface area contributed by atoms with Crippen molar-refractivity contribution in [2.75, 3.05) is 24.4 Å². The Labute approximate surface area is 201 Å². The number of anilines is 1. The van der Waals surface area contributed by atoms with E-state index in [4.69, 9.17) is 10.7 Å². The van der Waals surface area contributed by atoms with Crippen LogP contribution >= 0.6 is 0 Å². The molecule has 34 heavy (non-hydrogen) atoms. The van der Waals surface area contributed by atoms with Crippen molar-refractivity contribution in [3.05, 3.63) is 24.0 Å². The average molecular weight is 498 g/mol. The first-order valence-electron chi connectivity index (χ1n) is 12.1. The number of alkyl halides is 2. The van der Waals surface area contributed by atoms with Crippen LogP contribution in [0, 0.1) is 11.3 Å². The van der Waals surface area contributed by atoms with E-state index in [1.54, 1.807) is 19.2 Å². The van der Waals surface area contributed by atoms with Gasteiger partial charge in [-0.15, -0.1) is 0 Å². The Morgan fingerprint density at radius 2 is 1.79 bits per heavy atom. The van der Waals surface area contributed by atoms with E-state index < -0.39 is 16.1 Å². The van der Waals surface area contributed by atoms with E-state index >= 15 is 0 Å². The number of hydrogen-bond acceptors (Lipinski definition) is 4. The Morgan fingerprint density at radius 3 is 2.38 bits per heavy atom. The van der Waals surface area contributed by atoms with Crippen LogP contribution in [0.1, 0.15) is 71.0 Å². The molecule has 1 aromatic carbocycles. The zero-order chi connectivity index (χ0) is 24.9. The van der Waals surface area contributed by atoms with Gasteiger partial charge in [0.25, 0.3) is 0 Å². The molecule has 2 fully saturated rings. The number of H-pyrrole nitrogens is 1. The van der Waals surface area contributed by atoms with Crippen molar-refractivity contribution < 1.29 is 17.2 Å². The third kappa shape index (κ3) is 5.09. The summed E-state index contributed by atoms with van der Waals surface area (Å²) >= 11 is 0. The maximum atomic E-state index is 13.8. The van der Waals surface area contributed by atoms with Crippen LogP contribution in [-0.4, -0.2) is 54.8 Å². The smallest absolute Gasteiger partial charge is 0.303 e. The molecule has 1 aliphatic carbocycles. The summed E-state index contributed by atoms with van der Waals surface area (Å²) in [6.45, 7) is 7.19. The van der Waals surface area contributed by atoms with Gasteiger partial charge in [0, 0.05) is 44.9 Å². The predicted octanol–water partition coefficient (Wildman–Crippen LogP) is 4.62. The van der Waals surface area contributed by atoms with Crippen LogP contribution in [0.15, 0.2) is 18.2 Å². The molecule has 2 aliphatic rings. The fourth-order valence-corrected chi connectivity index (χ4v) is 6.91. The number of imidazole rings is 1. The SMILES string of the molecule is CN(c1ccc2nc(C(C3CCC(F)(F)CC3)C(C)(C)C)[nH]c2c1)S(=O)(=O)N1CCC(N)CC1. The molecule has 0 spiro atoms. The second-order valence-electron chi connectivity index (χ2n) is 11.1. The van der Waals surface area contributed by atoms with Crippen molar-refractivity contribution in [1.82, 2.24) is 14.3 Å². The molecule has 1 unspecified atom stereocenters. The molecule has 1 atom stereocenters. The third-order valence-electron chi connectivity index (χ3n) is 7.48. The number of nitrogens with two attached hydrogens (primary N) is 1. The summed E-state index contributed by atoms with van der Waals surface area (Å²) in [5.74, 6) is -1.67. The van der Waals surface area contributed by atoms with Crippen LogP contribution in [0.4, 0.5) is 14.5 Å². The van der Waals surface area contributed by atoms with Gasteiger partial charge in [0.2, 0.25) is 5.92 Å². The van der Waals surface area contributed by atoms with Gasteiger partial charge in [-0.05, 0) is 55.2 Å². The number of piperidine rings is 1. The van der Waals surface area contributed by atoms with Crippen molar-refractivity contribution in [3.63, 3.8) is 0 Å². The van der Waals surface area contributed by atoms with E-state index in [9.17, 15) is 17.2 Å². The predicted molar refractivity (Wildman–Crippen MR) is 131 cm³/mol. The van der Waals surface area contributed by atoms with Crippen LogP contribution in [0.2, 0.25) is 0 Å². The summed E-state index contributed by atoms with van der Waals surface area (Å²) in [6.07, 6.45) is 2.07. The molecule has 1 aliphatic heterocycles. The molecule has 1 saturated heterocycles. The number of aromatic nitrogens is 2. The highest BCUT2D eigenvalue weighted by molar-refractivity contribution is 7.90. The molecule has 3 N–H and O–H groups in total. The Bertz CT molecular complexity index is 1110. The van der Waals surface area contributed by atoms with E-state index in [-0.39, 0.29) is 36.1 Å². The first-order valence-corrected chi connectivity index (χ1v) is 13.5. The number of benzene rings is 1. The monoisotopic (exact) mass is 497 g/mol.